The van der Waals surface area contributed by atoms with E-state index in [0.717, 1.165) is 31.0 Å². The number of nitrogens with one attached hydrogen (secondary N) is 1. The van der Waals surface area contributed by atoms with Crippen LogP contribution < -0.4 is 14.8 Å². The lowest BCUT2D eigenvalue weighted by molar-refractivity contribution is 0.326. The van der Waals surface area contributed by atoms with Gasteiger partial charge in [0.2, 0.25) is 0 Å². The average molecular weight is 270 g/mol. The highest BCUT2D eigenvalue weighted by Crippen LogP contribution is 2.28. The van der Waals surface area contributed by atoms with Gasteiger partial charge in [-0.25, -0.2) is 0 Å². The van der Waals surface area contributed by atoms with Gasteiger partial charge in [0, 0.05) is 12.1 Å². The summed E-state index contributed by atoms with van der Waals surface area (Å²) < 4.78 is 10.8. The third kappa shape index (κ3) is 4.98. The van der Waals surface area contributed by atoms with Crippen molar-refractivity contribution in [1.29, 1.82) is 0 Å². The molecule has 0 amide bonds. The molecule has 0 heterocycles. The van der Waals surface area contributed by atoms with E-state index < -0.39 is 0 Å². The molecule has 0 aliphatic rings. The first-order valence-electron chi connectivity index (χ1n) is 6.07. The van der Waals surface area contributed by atoms with Gasteiger partial charge in [-0.2, -0.15) is 0 Å². The molecule has 18 heavy (non-hydrogen) atoms. The molecule has 0 aromatic heterocycles. The van der Waals surface area contributed by atoms with Gasteiger partial charge in [-0.1, -0.05) is 24.6 Å². The van der Waals surface area contributed by atoms with E-state index in [1.54, 1.807) is 13.2 Å². The molecule has 1 aromatic rings. The van der Waals surface area contributed by atoms with Crippen LogP contribution in [0.15, 0.2) is 29.8 Å². The van der Waals surface area contributed by atoms with Crippen LogP contribution in [0, 0.1) is 0 Å². The Morgan fingerprint density at radius 1 is 1.33 bits per heavy atom. The summed E-state index contributed by atoms with van der Waals surface area (Å²) in [6, 6.07) is 5.94. The van der Waals surface area contributed by atoms with E-state index in [2.05, 4.69) is 12.2 Å². The Bertz CT molecular complexity index is 380. The SMILES string of the molecule is CCCNCc1ccc(OC/C=C/Cl)c(OC)c1. The zero-order chi connectivity index (χ0) is 13.2. The standard InChI is InChI=1S/C14H20ClNO2/c1-3-8-16-11-12-5-6-13(14(10-12)17-2)18-9-4-7-15/h4-7,10,16H,3,8-9,11H2,1-2H3/b7-4+. The highest BCUT2D eigenvalue weighted by molar-refractivity contribution is 6.25. The maximum atomic E-state index is 5.53. The summed E-state index contributed by atoms with van der Waals surface area (Å²) in [4.78, 5) is 0. The van der Waals surface area contributed by atoms with E-state index in [4.69, 9.17) is 21.1 Å². The van der Waals surface area contributed by atoms with Crippen molar-refractivity contribution in [2.45, 2.75) is 19.9 Å². The second kappa shape index (κ2) is 8.84. The Hall–Kier alpha value is -1.19. The highest BCUT2D eigenvalue weighted by atomic mass is 35.5. The molecule has 1 rings (SSSR count). The van der Waals surface area contributed by atoms with Gasteiger partial charge in [0.05, 0.1) is 7.11 Å². The van der Waals surface area contributed by atoms with Crippen LogP contribution in [0.2, 0.25) is 0 Å². The molecular weight excluding hydrogens is 250 g/mol. The topological polar surface area (TPSA) is 30.5 Å². The van der Waals surface area contributed by atoms with E-state index in [0.29, 0.717) is 6.61 Å². The van der Waals surface area contributed by atoms with Gasteiger partial charge < -0.3 is 14.8 Å². The van der Waals surface area contributed by atoms with E-state index >= 15 is 0 Å². The third-order valence-electron chi connectivity index (χ3n) is 2.41. The Morgan fingerprint density at radius 2 is 2.17 bits per heavy atom. The van der Waals surface area contributed by atoms with Crippen LogP contribution in [0.4, 0.5) is 0 Å². The van der Waals surface area contributed by atoms with Crippen LogP contribution in [-0.2, 0) is 6.54 Å². The quantitative estimate of drug-likeness (QED) is 0.735. The van der Waals surface area contributed by atoms with Crippen LogP contribution >= 0.6 is 11.6 Å². The Kier molecular flexibility index (Phi) is 7.30. The molecule has 0 saturated heterocycles. The molecule has 0 atom stereocenters. The van der Waals surface area contributed by atoms with Crippen LogP contribution in [0.3, 0.4) is 0 Å². The van der Waals surface area contributed by atoms with Gasteiger partial charge in [0.1, 0.15) is 6.61 Å². The van der Waals surface area contributed by atoms with Crippen molar-refractivity contribution in [3.63, 3.8) is 0 Å². The first-order valence-corrected chi connectivity index (χ1v) is 6.51. The number of methoxy groups -OCH3 is 1. The molecule has 1 aromatic carbocycles. The summed E-state index contributed by atoms with van der Waals surface area (Å²) in [5.74, 6) is 1.47. The third-order valence-corrected chi connectivity index (χ3v) is 2.59. The fourth-order valence-corrected chi connectivity index (χ4v) is 1.60. The first kappa shape index (κ1) is 14.9. The molecule has 0 fully saturated rings. The molecule has 0 bridgehead atoms. The smallest absolute Gasteiger partial charge is 0.161 e. The second-order valence-electron chi connectivity index (χ2n) is 3.83. The van der Waals surface area contributed by atoms with E-state index in [-0.39, 0.29) is 0 Å². The number of hydrogen-bond acceptors (Lipinski definition) is 3. The minimum absolute atomic E-state index is 0.438. The fraction of sp³-hybridized carbons (Fsp3) is 0.429. The number of hydrogen-bond donors (Lipinski definition) is 1. The van der Waals surface area contributed by atoms with Crippen molar-refractivity contribution in [1.82, 2.24) is 5.32 Å². The molecule has 0 aliphatic carbocycles. The first-order chi connectivity index (χ1) is 8.81. The largest absolute Gasteiger partial charge is 0.493 e. The minimum atomic E-state index is 0.438. The zero-order valence-corrected chi connectivity index (χ0v) is 11.7. The number of ether oxygens (including phenoxy) is 2. The normalized spacial score (nSPS) is 10.8. The summed E-state index contributed by atoms with van der Waals surface area (Å²) in [6.45, 7) is 4.44. The van der Waals surface area contributed by atoms with Crippen LogP contribution in [0.25, 0.3) is 0 Å². The summed E-state index contributed by atoms with van der Waals surface area (Å²) >= 11 is 5.44. The zero-order valence-electron chi connectivity index (χ0n) is 10.9. The number of rotatable bonds is 8. The maximum Gasteiger partial charge on any atom is 0.161 e. The summed E-state index contributed by atoms with van der Waals surface area (Å²) in [6.07, 6.45) is 2.86. The van der Waals surface area contributed by atoms with Gasteiger partial charge in [0.25, 0.3) is 0 Å². The molecule has 0 radical (unpaired) electrons. The lowest BCUT2D eigenvalue weighted by Crippen LogP contribution is -2.13. The molecule has 0 spiro atoms. The van der Waals surface area contributed by atoms with Crippen molar-refractivity contribution >= 4 is 11.6 Å². The molecule has 4 heteroatoms. The number of halogens is 1. The predicted octanol–water partition coefficient (Wildman–Crippen LogP) is 3.33. The van der Waals surface area contributed by atoms with Crippen molar-refractivity contribution < 1.29 is 9.47 Å². The van der Waals surface area contributed by atoms with Crippen LogP contribution in [0.1, 0.15) is 18.9 Å². The number of benzene rings is 1. The summed E-state index contributed by atoms with van der Waals surface area (Å²) in [5, 5.41) is 3.35. The van der Waals surface area contributed by atoms with Gasteiger partial charge >= 0.3 is 0 Å². The minimum Gasteiger partial charge on any atom is -0.493 e. The predicted molar refractivity (Wildman–Crippen MR) is 75.5 cm³/mol. The Labute approximate surface area is 114 Å². The van der Waals surface area contributed by atoms with E-state index in [9.17, 15) is 0 Å². The van der Waals surface area contributed by atoms with Crippen LogP contribution in [-0.4, -0.2) is 20.3 Å². The molecule has 0 unspecified atom stereocenters. The molecule has 100 valence electrons. The lowest BCUT2D eigenvalue weighted by Gasteiger charge is -2.11. The maximum absolute atomic E-state index is 5.53. The van der Waals surface area contributed by atoms with Crippen molar-refractivity contribution in [3.05, 3.63) is 35.4 Å². The summed E-state index contributed by atoms with van der Waals surface area (Å²) in [7, 11) is 1.64. The fourth-order valence-electron chi connectivity index (χ4n) is 1.52. The molecule has 1 N–H and O–H groups in total. The molecular formula is C14H20ClNO2. The molecule has 3 nitrogen and oxygen atoms in total. The highest BCUT2D eigenvalue weighted by Gasteiger charge is 2.04. The monoisotopic (exact) mass is 269 g/mol. The lowest BCUT2D eigenvalue weighted by atomic mass is 10.2. The van der Waals surface area contributed by atoms with E-state index in [1.165, 1.54) is 11.1 Å². The van der Waals surface area contributed by atoms with E-state index in [1.807, 2.05) is 18.2 Å². The Morgan fingerprint density at radius 3 is 2.83 bits per heavy atom. The summed E-state index contributed by atoms with van der Waals surface area (Å²) in [5.41, 5.74) is 2.62. The molecule has 0 aliphatic heterocycles. The van der Waals surface area contributed by atoms with Crippen molar-refractivity contribution in [2.24, 2.45) is 0 Å². The average Bonchev–Trinajstić information content (AvgIpc) is 2.40. The van der Waals surface area contributed by atoms with Crippen molar-refractivity contribution in [2.75, 3.05) is 20.3 Å². The van der Waals surface area contributed by atoms with Gasteiger partial charge in [-0.15, -0.1) is 0 Å². The molecule has 0 saturated carbocycles. The van der Waals surface area contributed by atoms with Gasteiger partial charge in [-0.05, 0) is 36.7 Å². The van der Waals surface area contributed by atoms with Gasteiger partial charge in [-0.3, -0.25) is 0 Å². The second-order valence-corrected chi connectivity index (χ2v) is 4.09. The van der Waals surface area contributed by atoms with Crippen molar-refractivity contribution in [3.8, 4) is 11.5 Å². The van der Waals surface area contributed by atoms with Gasteiger partial charge in [0.15, 0.2) is 11.5 Å². The van der Waals surface area contributed by atoms with Crippen LogP contribution in [0.5, 0.6) is 11.5 Å². The Balaban J connectivity index is 2.64.